The Bertz CT molecular complexity index is 1390. The van der Waals surface area contributed by atoms with Crippen LogP contribution >= 0.6 is 34.3 Å². The molecule has 0 saturated carbocycles. The number of rotatable bonds is 6. The van der Waals surface area contributed by atoms with E-state index in [4.69, 9.17) is 11.6 Å². The van der Waals surface area contributed by atoms with Crippen LogP contribution in [-0.4, -0.2) is 41.2 Å². The van der Waals surface area contributed by atoms with Gasteiger partial charge in [0.2, 0.25) is 5.91 Å². The van der Waals surface area contributed by atoms with Gasteiger partial charge in [0.25, 0.3) is 10.0 Å². The first-order valence-electron chi connectivity index (χ1n) is 10.3. The molecule has 33 heavy (non-hydrogen) atoms. The molecule has 1 aromatic carbocycles. The highest BCUT2D eigenvalue weighted by Gasteiger charge is 2.42. The predicted octanol–water partition coefficient (Wildman–Crippen LogP) is 4.79. The summed E-state index contributed by atoms with van der Waals surface area (Å²) in [5.41, 5.74) is 1.30. The fourth-order valence-electron chi connectivity index (χ4n) is 3.89. The highest BCUT2D eigenvalue weighted by atomic mass is 35.5. The predicted molar refractivity (Wildman–Crippen MR) is 131 cm³/mol. The van der Waals surface area contributed by atoms with Crippen LogP contribution < -0.4 is 4.90 Å². The van der Waals surface area contributed by atoms with E-state index in [1.807, 2.05) is 24.3 Å². The van der Waals surface area contributed by atoms with E-state index in [-0.39, 0.29) is 16.7 Å². The van der Waals surface area contributed by atoms with Crippen molar-refractivity contribution in [3.8, 4) is 0 Å². The number of benzene rings is 1. The van der Waals surface area contributed by atoms with Crippen molar-refractivity contribution >= 4 is 65.6 Å². The molecule has 4 heterocycles. The summed E-state index contributed by atoms with van der Waals surface area (Å²) in [6, 6.07) is 13.4. The Hall–Kier alpha value is -2.37. The first-order valence-corrected chi connectivity index (χ1v) is 13.8. The van der Waals surface area contributed by atoms with E-state index in [2.05, 4.69) is 9.97 Å². The second-order valence-corrected chi connectivity index (χ2v) is 12.0. The second kappa shape index (κ2) is 9.11. The van der Waals surface area contributed by atoms with Gasteiger partial charge in [-0.2, -0.15) is 4.31 Å². The largest absolute Gasteiger partial charge is 0.281 e. The summed E-state index contributed by atoms with van der Waals surface area (Å²) in [4.78, 5) is 24.4. The molecule has 1 aliphatic heterocycles. The maximum Gasteiger partial charge on any atom is 0.253 e. The Morgan fingerprint density at radius 3 is 2.79 bits per heavy atom. The minimum absolute atomic E-state index is 0.181. The van der Waals surface area contributed by atoms with E-state index in [0.29, 0.717) is 40.8 Å². The van der Waals surface area contributed by atoms with E-state index in [1.54, 1.807) is 35.8 Å². The van der Waals surface area contributed by atoms with Crippen LogP contribution in [0.1, 0.15) is 18.5 Å². The Morgan fingerprint density at radius 1 is 1.18 bits per heavy atom. The van der Waals surface area contributed by atoms with Crippen molar-refractivity contribution in [3.05, 3.63) is 70.8 Å². The first kappa shape index (κ1) is 22.4. The molecular formula is C22H19ClN4O3S3. The lowest BCUT2D eigenvalue weighted by atomic mass is 10.2. The summed E-state index contributed by atoms with van der Waals surface area (Å²) in [6.45, 7) is 0.486. The van der Waals surface area contributed by atoms with Gasteiger partial charge in [-0.25, -0.2) is 13.4 Å². The topological polar surface area (TPSA) is 83.5 Å². The molecule has 0 radical (unpaired) electrons. The number of amides is 1. The zero-order chi connectivity index (χ0) is 23.0. The maximum atomic E-state index is 13.9. The summed E-state index contributed by atoms with van der Waals surface area (Å²) < 4.78 is 28.9. The average molecular weight is 519 g/mol. The normalized spacial score (nSPS) is 16.9. The van der Waals surface area contributed by atoms with Crippen LogP contribution in [0, 0.1) is 0 Å². The third-order valence-electron chi connectivity index (χ3n) is 5.45. The molecule has 1 fully saturated rings. The number of hydrogen-bond acceptors (Lipinski definition) is 7. The summed E-state index contributed by atoms with van der Waals surface area (Å²) in [5.74, 6) is -0.312. The quantitative estimate of drug-likeness (QED) is 0.366. The molecule has 4 aromatic rings. The molecule has 1 aliphatic rings. The molecule has 5 rings (SSSR count). The van der Waals surface area contributed by atoms with E-state index >= 15 is 0 Å². The van der Waals surface area contributed by atoms with Gasteiger partial charge in [-0.1, -0.05) is 41.1 Å². The number of halogens is 1. The van der Waals surface area contributed by atoms with Gasteiger partial charge in [-0.3, -0.25) is 14.7 Å². The van der Waals surface area contributed by atoms with Crippen LogP contribution in [0.3, 0.4) is 0 Å². The summed E-state index contributed by atoms with van der Waals surface area (Å²) in [5, 5.41) is 2.69. The van der Waals surface area contributed by atoms with Gasteiger partial charge in [0, 0.05) is 12.7 Å². The number of fused-ring (bicyclic) bond motifs is 1. The highest BCUT2D eigenvalue weighted by Crippen LogP contribution is 2.36. The molecule has 1 atom stereocenters. The van der Waals surface area contributed by atoms with Crippen molar-refractivity contribution < 1.29 is 13.2 Å². The third-order valence-corrected chi connectivity index (χ3v) is 10.1. The Labute approximate surface area is 204 Å². The van der Waals surface area contributed by atoms with Crippen LogP contribution in [0.4, 0.5) is 5.13 Å². The fourth-order valence-corrected chi connectivity index (χ4v) is 7.93. The zero-order valence-electron chi connectivity index (χ0n) is 17.3. The molecule has 0 aliphatic carbocycles. The lowest BCUT2D eigenvalue weighted by Gasteiger charge is -2.28. The smallest absolute Gasteiger partial charge is 0.253 e. The average Bonchev–Trinajstić information content (AvgIpc) is 3.58. The molecule has 0 spiro atoms. The minimum atomic E-state index is -3.76. The number of anilines is 1. The van der Waals surface area contributed by atoms with E-state index < -0.39 is 16.1 Å². The molecule has 170 valence electrons. The van der Waals surface area contributed by atoms with Gasteiger partial charge in [-0.15, -0.1) is 11.3 Å². The number of nitrogens with zero attached hydrogens (tertiary/aromatic N) is 4. The van der Waals surface area contributed by atoms with Gasteiger partial charge in [0.15, 0.2) is 5.13 Å². The van der Waals surface area contributed by atoms with E-state index in [9.17, 15) is 13.2 Å². The lowest BCUT2D eigenvalue weighted by Crippen LogP contribution is -2.47. The van der Waals surface area contributed by atoms with Crippen molar-refractivity contribution in [2.45, 2.75) is 29.6 Å². The maximum absolute atomic E-state index is 13.9. The second-order valence-electron chi connectivity index (χ2n) is 7.53. The van der Waals surface area contributed by atoms with Crippen LogP contribution in [-0.2, 0) is 21.4 Å². The number of thiazole rings is 1. The number of carbonyl (C=O) groups is 1. The number of sulfonamides is 1. The molecule has 1 saturated heterocycles. The molecule has 1 amide bonds. The summed E-state index contributed by atoms with van der Waals surface area (Å²) >= 11 is 8.83. The van der Waals surface area contributed by atoms with Crippen LogP contribution in [0.15, 0.2) is 64.3 Å². The van der Waals surface area contributed by atoms with Crippen LogP contribution in [0.2, 0.25) is 5.02 Å². The number of aromatic nitrogens is 2. The van der Waals surface area contributed by atoms with Crippen molar-refractivity contribution in [2.24, 2.45) is 0 Å². The van der Waals surface area contributed by atoms with Gasteiger partial charge in [0.05, 0.1) is 22.0 Å². The van der Waals surface area contributed by atoms with Gasteiger partial charge < -0.3 is 0 Å². The molecule has 0 bridgehead atoms. The summed E-state index contributed by atoms with van der Waals surface area (Å²) in [7, 11) is -3.76. The van der Waals surface area contributed by atoms with Crippen LogP contribution in [0.5, 0.6) is 0 Å². The fraction of sp³-hybridized carbons (Fsp3) is 0.227. The number of para-hydroxylation sites is 1. The van der Waals surface area contributed by atoms with Gasteiger partial charge >= 0.3 is 0 Å². The third kappa shape index (κ3) is 4.29. The Morgan fingerprint density at radius 2 is 2.06 bits per heavy atom. The number of pyridine rings is 1. The van der Waals surface area contributed by atoms with Gasteiger partial charge in [0.1, 0.15) is 15.8 Å². The summed E-state index contributed by atoms with van der Waals surface area (Å²) in [6.07, 6.45) is 2.73. The molecule has 0 N–H and O–H groups in total. The first-order chi connectivity index (χ1) is 15.9. The SMILES string of the molecule is O=C([C@H]1CCCN1S(=O)(=O)c1cccs1)N(Cc1ccccn1)c1nc2c(Cl)cccc2s1. The van der Waals surface area contributed by atoms with Crippen molar-refractivity contribution in [3.63, 3.8) is 0 Å². The van der Waals surface area contributed by atoms with Crippen molar-refractivity contribution in [2.75, 3.05) is 11.4 Å². The number of carbonyl (C=O) groups excluding carboxylic acids is 1. The molecule has 11 heteroatoms. The lowest BCUT2D eigenvalue weighted by molar-refractivity contribution is -0.121. The standard InChI is InChI=1S/C22H19ClN4O3S3/c23-16-7-3-9-18-20(16)25-22(32-18)26(14-15-6-1-2-11-24-15)21(28)17-8-4-12-27(17)33(29,30)19-10-5-13-31-19/h1-3,5-7,9-11,13,17H,4,8,12,14H2/t17-/m1/s1. The molecular weight excluding hydrogens is 500 g/mol. The van der Waals surface area contributed by atoms with Gasteiger partial charge in [-0.05, 0) is 48.6 Å². The molecule has 7 nitrogen and oxygen atoms in total. The van der Waals surface area contributed by atoms with E-state index in [1.165, 1.54) is 20.5 Å². The minimum Gasteiger partial charge on any atom is -0.281 e. The molecule has 3 aromatic heterocycles. The number of hydrogen-bond donors (Lipinski definition) is 0. The Kier molecular flexibility index (Phi) is 6.19. The van der Waals surface area contributed by atoms with Crippen LogP contribution in [0.25, 0.3) is 10.2 Å². The Balaban J connectivity index is 1.54. The van der Waals surface area contributed by atoms with E-state index in [0.717, 1.165) is 16.0 Å². The zero-order valence-corrected chi connectivity index (χ0v) is 20.5. The number of thiophene rings is 1. The molecule has 0 unspecified atom stereocenters. The van der Waals surface area contributed by atoms with Crippen molar-refractivity contribution in [1.82, 2.24) is 14.3 Å². The monoisotopic (exact) mass is 518 g/mol. The highest BCUT2D eigenvalue weighted by molar-refractivity contribution is 7.91. The van der Waals surface area contributed by atoms with Crippen molar-refractivity contribution in [1.29, 1.82) is 0 Å².